The molecule has 148 valence electrons. The van der Waals surface area contributed by atoms with Crippen LogP contribution >= 0.6 is 0 Å². The van der Waals surface area contributed by atoms with Crippen LogP contribution in [0.5, 0.6) is 5.75 Å². The lowest BCUT2D eigenvalue weighted by molar-refractivity contribution is 0.0368. The first kappa shape index (κ1) is 18.3. The molecule has 0 aliphatic carbocycles. The number of ether oxygens (including phenoxy) is 2. The maximum Gasteiger partial charge on any atom is 0.129 e. The van der Waals surface area contributed by atoms with Crippen LogP contribution in [0.1, 0.15) is 12.8 Å². The second kappa shape index (κ2) is 8.31. The zero-order valence-electron chi connectivity index (χ0n) is 16.5. The minimum atomic E-state index is 0.709. The maximum atomic E-state index is 6.22. The number of benzene rings is 3. The molecule has 2 heterocycles. The van der Waals surface area contributed by atoms with Gasteiger partial charge in [0.2, 0.25) is 0 Å². The zero-order valence-corrected chi connectivity index (χ0v) is 16.5. The van der Waals surface area contributed by atoms with Gasteiger partial charge in [0.05, 0.1) is 41.9 Å². The molecule has 1 aliphatic rings. The number of fused-ring (bicyclic) bond motifs is 4. The Morgan fingerprint density at radius 3 is 2.38 bits per heavy atom. The van der Waals surface area contributed by atoms with E-state index in [1.807, 2.05) is 42.5 Å². The highest BCUT2D eigenvalue weighted by Gasteiger charge is 2.12. The molecule has 29 heavy (non-hydrogen) atoms. The molecule has 5 nitrogen and oxygen atoms in total. The number of hydrogen-bond donors (Lipinski definition) is 0. The van der Waals surface area contributed by atoms with Gasteiger partial charge < -0.3 is 9.47 Å². The molecule has 1 fully saturated rings. The van der Waals surface area contributed by atoms with Crippen molar-refractivity contribution in [2.24, 2.45) is 0 Å². The summed E-state index contributed by atoms with van der Waals surface area (Å²) in [7, 11) is 0. The molecule has 1 saturated heterocycles. The fourth-order valence-electron chi connectivity index (χ4n) is 3.98. The van der Waals surface area contributed by atoms with Crippen molar-refractivity contribution in [2.75, 3.05) is 39.5 Å². The van der Waals surface area contributed by atoms with E-state index >= 15 is 0 Å². The Labute approximate surface area is 170 Å². The molecule has 5 heteroatoms. The van der Waals surface area contributed by atoms with Crippen LogP contribution in [0, 0.1) is 0 Å². The summed E-state index contributed by atoms with van der Waals surface area (Å²) >= 11 is 0. The first-order valence-electron chi connectivity index (χ1n) is 10.4. The van der Waals surface area contributed by atoms with Gasteiger partial charge in [0.25, 0.3) is 0 Å². The molecule has 0 amide bonds. The summed E-state index contributed by atoms with van der Waals surface area (Å²) in [4.78, 5) is 12.2. The van der Waals surface area contributed by atoms with Crippen molar-refractivity contribution < 1.29 is 9.47 Å². The Kier molecular flexibility index (Phi) is 5.24. The highest BCUT2D eigenvalue weighted by molar-refractivity contribution is 6.08. The van der Waals surface area contributed by atoms with Crippen molar-refractivity contribution in [2.45, 2.75) is 12.8 Å². The molecular weight excluding hydrogens is 362 g/mol. The minimum absolute atomic E-state index is 0.709. The number of unbranched alkanes of at least 4 members (excludes halogenated alkanes) is 1. The number of para-hydroxylation sites is 2. The molecule has 4 aromatic rings. The van der Waals surface area contributed by atoms with E-state index < -0.39 is 0 Å². The molecule has 0 spiro atoms. The van der Waals surface area contributed by atoms with Crippen LogP contribution in [0.25, 0.3) is 32.8 Å². The van der Waals surface area contributed by atoms with E-state index in [0.717, 1.165) is 84.3 Å². The SMILES string of the molecule is c1ccc2nc3c(cc(OCCCCN4CCOCC4)c4ccccc43)nc2c1. The molecule has 5 rings (SSSR count). The van der Waals surface area contributed by atoms with Gasteiger partial charge in [-0.15, -0.1) is 0 Å². The number of aromatic nitrogens is 2. The van der Waals surface area contributed by atoms with Crippen LogP contribution in [0.15, 0.2) is 54.6 Å². The Morgan fingerprint density at radius 2 is 1.55 bits per heavy atom. The van der Waals surface area contributed by atoms with Crippen molar-refractivity contribution in [1.29, 1.82) is 0 Å². The molecule has 0 atom stereocenters. The zero-order chi connectivity index (χ0) is 19.5. The Morgan fingerprint density at radius 1 is 0.828 bits per heavy atom. The molecule has 0 saturated carbocycles. The van der Waals surface area contributed by atoms with Crippen LogP contribution in [0.2, 0.25) is 0 Å². The maximum absolute atomic E-state index is 6.22. The predicted octanol–water partition coefficient (Wildman–Crippen LogP) is 4.43. The molecule has 0 N–H and O–H groups in total. The molecule has 0 bridgehead atoms. The minimum Gasteiger partial charge on any atom is -0.493 e. The number of rotatable bonds is 6. The third-order valence-electron chi connectivity index (χ3n) is 5.54. The van der Waals surface area contributed by atoms with Gasteiger partial charge in [0, 0.05) is 29.9 Å². The lowest BCUT2D eigenvalue weighted by Crippen LogP contribution is -2.36. The lowest BCUT2D eigenvalue weighted by atomic mass is 10.1. The first-order valence-corrected chi connectivity index (χ1v) is 10.4. The van der Waals surface area contributed by atoms with E-state index in [0.29, 0.717) is 6.61 Å². The Bertz CT molecular complexity index is 1140. The van der Waals surface area contributed by atoms with E-state index in [1.54, 1.807) is 0 Å². The lowest BCUT2D eigenvalue weighted by Gasteiger charge is -2.26. The van der Waals surface area contributed by atoms with Crippen LogP contribution in [-0.4, -0.2) is 54.3 Å². The first-order chi connectivity index (χ1) is 14.4. The van der Waals surface area contributed by atoms with Crippen LogP contribution < -0.4 is 4.74 Å². The van der Waals surface area contributed by atoms with Crippen molar-refractivity contribution in [3.63, 3.8) is 0 Å². The molecule has 3 aromatic carbocycles. The van der Waals surface area contributed by atoms with Crippen LogP contribution in [-0.2, 0) is 4.74 Å². The summed E-state index contributed by atoms with van der Waals surface area (Å²) in [6.45, 7) is 5.62. The van der Waals surface area contributed by atoms with Crippen LogP contribution in [0.3, 0.4) is 0 Å². The quantitative estimate of drug-likeness (QED) is 0.278. The van der Waals surface area contributed by atoms with Crippen molar-refractivity contribution in [1.82, 2.24) is 14.9 Å². The highest BCUT2D eigenvalue weighted by atomic mass is 16.5. The molecule has 0 radical (unpaired) electrons. The van der Waals surface area contributed by atoms with E-state index in [-0.39, 0.29) is 0 Å². The highest BCUT2D eigenvalue weighted by Crippen LogP contribution is 2.32. The van der Waals surface area contributed by atoms with Gasteiger partial charge in [-0.05, 0) is 31.5 Å². The molecule has 0 unspecified atom stereocenters. The summed E-state index contributed by atoms with van der Waals surface area (Å²) in [5, 5.41) is 2.18. The second-order valence-corrected chi connectivity index (χ2v) is 7.51. The third-order valence-corrected chi connectivity index (χ3v) is 5.54. The average molecular weight is 387 g/mol. The smallest absolute Gasteiger partial charge is 0.129 e. The predicted molar refractivity (Wildman–Crippen MR) is 117 cm³/mol. The summed E-state index contributed by atoms with van der Waals surface area (Å²) in [5.41, 5.74) is 3.64. The molecular formula is C24H25N3O2. The van der Waals surface area contributed by atoms with Crippen LogP contribution in [0.4, 0.5) is 0 Å². The van der Waals surface area contributed by atoms with Gasteiger partial charge >= 0.3 is 0 Å². The Hall–Kier alpha value is -2.76. The van der Waals surface area contributed by atoms with Crippen molar-refractivity contribution in [3.8, 4) is 5.75 Å². The number of hydrogen-bond acceptors (Lipinski definition) is 5. The van der Waals surface area contributed by atoms with Gasteiger partial charge in [-0.25, -0.2) is 9.97 Å². The fraction of sp³-hybridized carbons (Fsp3) is 0.333. The van der Waals surface area contributed by atoms with Gasteiger partial charge in [-0.3, -0.25) is 4.90 Å². The van der Waals surface area contributed by atoms with Gasteiger partial charge in [0.15, 0.2) is 0 Å². The van der Waals surface area contributed by atoms with E-state index in [1.165, 1.54) is 0 Å². The number of nitrogens with zero attached hydrogens (tertiary/aromatic N) is 3. The molecule has 1 aliphatic heterocycles. The largest absolute Gasteiger partial charge is 0.493 e. The summed E-state index contributed by atoms with van der Waals surface area (Å²) in [6, 6.07) is 18.4. The summed E-state index contributed by atoms with van der Waals surface area (Å²) < 4.78 is 11.6. The van der Waals surface area contributed by atoms with Gasteiger partial charge in [-0.2, -0.15) is 0 Å². The van der Waals surface area contributed by atoms with E-state index in [4.69, 9.17) is 19.4 Å². The number of morpholine rings is 1. The second-order valence-electron chi connectivity index (χ2n) is 7.51. The average Bonchev–Trinajstić information content (AvgIpc) is 2.78. The normalized spacial score (nSPS) is 15.3. The summed E-state index contributed by atoms with van der Waals surface area (Å²) in [6.07, 6.45) is 2.17. The topological polar surface area (TPSA) is 47.5 Å². The Balaban J connectivity index is 1.37. The van der Waals surface area contributed by atoms with E-state index in [2.05, 4.69) is 17.0 Å². The van der Waals surface area contributed by atoms with Crippen molar-refractivity contribution in [3.05, 3.63) is 54.6 Å². The van der Waals surface area contributed by atoms with Gasteiger partial charge in [0.1, 0.15) is 5.75 Å². The third kappa shape index (κ3) is 3.88. The van der Waals surface area contributed by atoms with E-state index in [9.17, 15) is 0 Å². The fourth-order valence-corrected chi connectivity index (χ4v) is 3.98. The summed E-state index contributed by atoms with van der Waals surface area (Å²) in [5.74, 6) is 0.893. The monoisotopic (exact) mass is 387 g/mol. The van der Waals surface area contributed by atoms with Gasteiger partial charge in [-0.1, -0.05) is 36.4 Å². The standard InChI is InChI=1S/C24H25N3O2/c1-2-8-19-18(7-1)23(29-14-6-5-11-27-12-15-28-16-13-27)17-22-24(19)26-21-10-4-3-9-20(21)25-22/h1-4,7-10,17H,5-6,11-16H2. The molecule has 1 aromatic heterocycles. The van der Waals surface area contributed by atoms with Crippen molar-refractivity contribution >= 4 is 32.8 Å².